The molecule has 0 bridgehead atoms. The van der Waals surface area contributed by atoms with Gasteiger partial charge in [-0.25, -0.2) is 22.9 Å². The number of sulfonamides is 1. The highest BCUT2D eigenvalue weighted by Crippen LogP contribution is 2.14. The highest BCUT2D eigenvalue weighted by atomic mass is 32.2. The van der Waals surface area contributed by atoms with Crippen molar-refractivity contribution < 1.29 is 27.5 Å². The first-order valence-corrected chi connectivity index (χ1v) is 13.3. The van der Waals surface area contributed by atoms with Crippen LogP contribution in [-0.2, 0) is 14.8 Å². The first-order valence-electron chi connectivity index (χ1n) is 11.8. The second-order valence-electron chi connectivity index (χ2n) is 8.03. The third-order valence-corrected chi connectivity index (χ3v) is 6.51. The summed E-state index contributed by atoms with van der Waals surface area (Å²) in [4.78, 5) is 42.6. The average Bonchev–Trinajstić information content (AvgIpc) is 2.87. The van der Waals surface area contributed by atoms with E-state index in [0.717, 1.165) is 31.9 Å². The van der Waals surface area contributed by atoms with Gasteiger partial charge in [0.05, 0.1) is 17.1 Å². The summed E-state index contributed by atoms with van der Waals surface area (Å²) < 4.78 is 32.3. The number of hydrogen-bond donors (Lipinski definition) is 1. The van der Waals surface area contributed by atoms with Crippen molar-refractivity contribution in [1.82, 2.24) is 14.6 Å². The maximum Gasteiger partial charge on any atom is 0.356 e. The first kappa shape index (κ1) is 28.0. The fraction of sp³-hybridized carbons (Fsp3) is 0.440. The number of rotatable bonds is 13. The molecule has 0 aliphatic heterocycles. The number of ether oxygens (including phenoxy) is 1. The number of amides is 2. The van der Waals surface area contributed by atoms with Crippen LogP contribution in [-0.4, -0.2) is 55.8 Å². The highest BCUT2D eigenvalue weighted by molar-refractivity contribution is 7.90. The molecule has 2 amide bonds. The number of carbonyl (C=O) groups is 3. The van der Waals surface area contributed by atoms with E-state index in [1.807, 2.05) is 11.6 Å². The van der Waals surface area contributed by atoms with Crippen LogP contribution in [0.3, 0.4) is 0 Å². The summed E-state index contributed by atoms with van der Waals surface area (Å²) in [5.74, 6) is -1.66. The van der Waals surface area contributed by atoms with E-state index in [-0.39, 0.29) is 28.7 Å². The Kier molecular flexibility index (Phi) is 10.8. The van der Waals surface area contributed by atoms with Gasteiger partial charge in [0.2, 0.25) is 0 Å². The van der Waals surface area contributed by atoms with E-state index in [4.69, 9.17) is 4.74 Å². The molecule has 0 unspecified atom stereocenters. The Labute approximate surface area is 206 Å². The molecule has 0 radical (unpaired) electrons. The summed E-state index contributed by atoms with van der Waals surface area (Å²) in [7, 11) is -4.18. The maximum atomic E-state index is 12.9. The lowest BCUT2D eigenvalue weighted by Gasteiger charge is -2.22. The minimum absolute atomic E-state index is 0.0185. The predicted molar refractivity (Wildman–Crippen MR) is 132 cm³/mol. The third kappa shape index (κ3) is 8.17. The van der Waals surface area contributed by atoms with Crippen molar-refractivity contribution in [3.8, 4) is 0 Å². The summed E-state index contributed by atoms with van der Waals surface area (Å²) in [5, 5.41) is 0. The van der Waals surface area contributed by atoms with Gasteiger partial charge in [-0.1, -0.05) is 33.6 Å². The summed E-state index contributed by atoms with van der Waals surface area (Å²) in [6, 6.07) is 8.08. The maximum absolute atomic E-state index is 12.9. The molecule has 0 atom stereocenters. The molecule has 1 heterocycles. The van der Waals surface area contributed by atoms with E-state index in [0.29, 0.717) is 25.1 Å². The molecule has 9 nitrogen and oxygen atoms in total. The minimum atomic E-state index is -4.18. The molecule has 190 valence electrons. The number of nitrogens with zero attached hydrogens (tertiary/aromatic N) is 2. The van der Waals surface area contributed by atoms with Gasteiger partial charge in [0.1, 0.15) is 5.69 Å². The summed E-state index contributed by atoms with van der Waals surface area (Å²) in [5.41, 5.74) is 0.372. The minimum Gasteiger partial charge on any atom is -0.461 e. The van der Waals surface area contributed by atoms with Crippen molar-refractivity contribution in [1.29, 1.82) is 0 Å². The van der Waals surface area contributed by atoms with E-state index in [9.17, 15) is 22.8 Å². The lowest BCUT2D eigenvalue weighted by atomic mass is 10.1. The summed E-state index contributed by atoms with van der Waals surface area (Å²) >= 11 is 0. The smallest absolute Gasteiger partial charge is 0.356 e. The molecule has 0 aliphatic carbocycles. The van der Waals surface area contributed by atoms with Gasteiger partial charge >= 0.3 is 5.97 Å². The Balaban J connectivity index is 2.09. The first-order chi connectivity index (χ1) is 16.7. The fourth-order valence-electron chi connectivity index (χ4n) is 3.13. The summed E-state index contributed by atoms with van der Waals surface area (Å²) in [6.45, 7) is 7.52. The average molecular weight is 504 g/mol. The molecule has 0 saturated carbocycles. The van der Waals surface area contributed by atoms with Gasteiger partial charge in [-0.2, -0.15) is 0 Å². The van der Waals surface area contributed by atoms with Crippen molar-refractivity contribution in [3.05, 3.63) is 59.4 Å². The standard InChI is InChI=1S/C25H33N3O6S/c1-4-7-15-28(16-8-5-2)24(30)19-9-12-21(13-10-19)35(32,33)27-23(29)20-11-14-22(26-18-20)25(31)34-17-6-3/h9-14,18H,4-8,15-17H2,1-3H3,(H,27,29). The number of benzene rings is 1. The van der Waals surface area contributed by atoms with Gasteiger partial charge in [-0.3, -0.25) is 9.59 Å². The molecule has 0 fully saturated rings. The molecular formula is C25H33N3O6S. The van der Waals surface area contributed by atoms with Crippen molar-refractivity contribution in [2.75, 3.05) is 19.7 Å². The van der Waals surface area contributed by atoms with E-state index < -0.39 is 21.9 Å². The van der Waals surface area contributed by atoms with Crippen LogP contribution in [0.2, 0.25) is 0 Å². The quantitative estimate of drug-likeness (QED) is 0.412. The molecule has 0 spiro atoms. The topological polar surface area (TPSA) is 123 Å². The molecule has 10 heteroatoms. The van der Waals surface area contributed by atoms with Gasteiger partial charge < -0.3 is 9.64 Å². The van der Waals surface area contributed by atoms with E-state index in [1.54, 1.807) is 4.90 Å². The molecule has 1 N–H and O–H groups in total. The van der Waals surface area contributed by atoms with Crippen LogP contribution in [0.4, 0.5) is 0 Å². The third-order valence-electron chi connectivity index (χ3n) is 5.16. The second-order valence-corrected chi connectivity index (χ2v) is 9.71. The number of nitrogens with one attached hydrogen (secondary N) is 1. The predicted octanol–water partition coefficient (Wildman–Crippen LogP) is 3.81. The van der Waals surface area contributed by atoms with Gasteiger partial charge in [0, 0.05) is 24.8 Å². The van der Waals surface area contributed by atoms with Crippen LogP contribution in [0.1, 0.15) is 84.1 Å². The Bertz CT molecular complexity index is 1090. The van der Waals surface area contributed by atoms with Crippen molar-refractivity contribution in [3.63, 3.8) is 0 Å². The van der Waals surface area contributed by atoms with Crippen LogP contribution < -0.4 is 4.72 Å². The van der Waals surface area contributed by atoms with E-state index in [2.05, 4.69) is 18.8 Å². The molecule has 0 aliphatic rings. The van der Waals surface area contributed by atoms with Crippen LogP contribution in [0.15, 0.2) is 47.5 Å². The zero-order chi connectivity index (χ0) is 25.8. The number of aromatic nitrogens is 1. The van der Waals surface area contributed by atoms with Gasteiger partial charge in [0.25, 0.3) is 21.8 Å². The molecule has 2 rings (SSSR count). The Morgan fingerprint density at radius 1 is 0.886 bits per heavy atom. The van der Waals surface area contributed by atoms with Crippen LogP contribution in [0, 0.1) is 0 Å². The molecular weight excluding hydrogens is 470 g/mol. The van der Waals surface area contributed by atoms with E-state index >= 15 is 0 Å². The van der Waals surface area contributed by atoms with Gasteiger partial charge in [-0.15, -0.1) is 0 Å². The van der Waals surface area contributed by atoms with Crippen LogP contribution in [0.5, 0.6) is 0 Å². The number of hydrogen-bond acceptors (Lipinski definition) is 7. The Hall–Kier alpha value is -3.27. The monoisotopic (exact) mass is 503 g/mol. The normalized spacial score (nSPS) is 11.1. The largest absolute Gasteiger partial charge is 0.461 e. The zero-order valence-corrected chi connectivity index (χ0v) is 21.3. The van der Waals surface area contributed by atoms with Gasteiger partial charge in [-0.05, 0) is 55.7 Å². The molecule has 0 saturated heterocycles. The van der Waals surface area contributed by atoms with Gasteiger partial charge in [0.15, 0.2) is 0 Å². The Morgan fingerprint density at radius 3 is 2.00 bits per heavy atom. The molecule has 1 aromatic carbocycles. The van der Waals surface area contributed by atoms with Crippen molar-refractivity contribution in [2.24, 2.45) is 0 Å². The Morgan fingerprint density at radius 2 is 1.49 bits per heavy atom. The van der Waals surface area contributed by atoms with E-state index in [1.165, 1.54) is 36.4 Å². The lowest BCUT2D eigenvalue weighted by molar-refractivity contribution is 0.0497. The lowest BCUT2D eigenvalue weighted by Crippen LogP contribution is -2.33. The van der Waals surface area contributed by atoms with Crippen molar-refractivity contribution >= 4 is 27.8 Å². The molecule has 2 aromatic rings. The molecule has 1 aromatic heterocycles. The number of esters is 1. The number of pyridine rings is 1. The number of unbranched alkanes of at least 4 members (excludes halogenated alkanes) is 2. The zero-order valence-electron chi connectivity index (χ0n) is 20.5. The fourth-order valence-corrected chi connectivity index (χ4v) is 4.10. The highest BCUT2D eigenvalue weighted by Gasteiger charge is 2.21. The number of carbonyl (C=O) groups excluding carboxylic acids is 3. The summed E-state index contributed by atoms with van der Waals surface area (Å²) in [6.07, 6.45) is 5.49. The second kappa shape index (κ2) is 13.6. The van der Waals surface area contributed by atoms with Crippen molar-refractivity contribution in [2.45, 2.75) is 57.8 Å². The SMILES string of the molecule is CCCCN(CCCC)C(=O)c1ccc(S(=O)(=O)NC(=O)c2ccc(C(=O)OCCC)nc2)cc1. The molecule has 35 heavy (non-hydrogen) atoms. The van der Waals surface area contributed by atoms with Crippen LogP contribution in [0.25, 0.3) is 0 Å². The van der Waals surface area contributed by atoms with Crippen LogP contribution >= 0.6 is 0 Å².